The normalized spacial score (nSPS) is 11.8. The zero-order valence-corrected chi connectivity index (χ0v) is 13.9. The number of hydrogen-bond acceptors (Lipinski definition) is 3. The van der Waals surface area contributed by atoms with Crippen LogP contribution in [0.4, 0.5) is 5.69 Å². The van der Waals surface area contributed by atoms with Crippen LogP contribution in [0.1, 0.15) is 19.4 Å². The molecule has 0 bridgehead atoms. The highest BCUT2D eigenvalue weighted by Gasteiger charge is 2.16. The standard InChI is InChI=1S/C18H21NO2S/c1-4-22-17-12-8-6-10-15(17)19-18(20)14(3)21-16-11-7-5-9-13(16)2/h5-12,14H,4H2,1-3H3,(H,19,20). The maximum Gasteiger partial charge on any atom is 0.265 e. The summed E-state index contributed by atoms with van der Waals surface area (Å²) >= 11 is 1.71. The number of anilines is 1. The van der Waals surface area contributed by atoms with E-state index in [2.05, 4.69) is 12.2 Å². The number of amides is 1. The van der Waals surface area contributed by atoms with Gasteiger partial charge in [0.2, 0.25) is 0 Å². The summed E-state index contributed by atoms with van der Waals surface area (Å²) in [6.45, 7) is 5.82. The molecule has 116 valence electrons. The first kappa shape index (κ1) is 16.4. The average Bonchev–Trinajstić information content (AvgIpc) is 2.51. The van der Waals surface area contributed by atoms with Gasteiger partial charge in [0.15, 0.2) is 6.10 Å². The molecule has 0 fully saturated rings. The third-order valence-corrected chi connectivity index (χ3v) is 4.17. The molecule has 1 atom stereocenters. The van der Waals surface area contributed by atoms with E-state index in [-0.39, 0.29) is 5.91 Å². The van der Waals surface area contributed by atoms with Crippen molar-refractivity contribution in [1.82, 2.24) is 0 Å². The summed E-state index contributed by atoms with van der Waals surface area (Å²) in [5, 5.41) is 2.95. The summed E-state index contributed by atoms with van der Waals surface area (Å²) in [5.74, 6) is 1.55. The Morgan fingerprint density at radius 3 is 2.59 bits per heavy atom. The average molecular weight is 315 g/mol. The first-order valence-corrected chi connectivity index (χ1v) is 8.35. The minimum atomic E-state index is -0.555. The van der Waals surface area contributed by atoms with Crippen LogP contribution in [0, 0.1) is 6.92 Å². The number of nitrogens with one attached hydrogen (secondary N) is 1. The molecule has 0 aliphatic carbocycles. The summed E-state index contributed by atoms with van der Waals surface area (Å²) in [6.07, 6.45) is -0.555. The molecule has 0 aliphatic rings. The number of aryl methyl sites for hydroxylation is 1. The molecular formula is C18H21NO2S. The molecule has 0 spiro atoms. The molecule has 1 amide bonds. The van der Waals surface area contributed by atoms with Gasteiger partial charge in [-0.2, -0.15) is 0 Å². The molecule has 2 aromatic rings. The van der Waals surface area contributed by atoms with Crippen molar-refractivity contribution < 1.29 is 9.53 Å². The first-order valence-electron chi connectivity index (χ1n) is 7.36. The minimum Gasteiger partial charge on any atom is -0.481 e. The lowest BCUT2D eigenvalue weighted by atomic mass is 10.2. The molecule has 1 unspecified atom stereocenters. The lowest BCUT2D eigenvalue weighted by molar-refractivity contribution is -0.122. The van der Waals surface area contributed by atoms with Gasteiger partial charge >= 0.3 is 0 Å². The second-order valence-corrected chi connectivity index (χ2v) is 6.25. The van der Waals surface area contributed by atoms with E-state index in [0.29, 0.717) is 0 Å². The van der Waals surface area contributed by atoms with Gasteiger partial charge in [0.1, 0.15) is 5.75 Å². The molecule has 3 nitrogen and oxygen atoms in total. The third kappa shape index (κ3) is 4.28. The molecule has 0 radical (unpaired) electrons. The van der Waals surface area contributed by atoms with E-state index in [1.165, 1.54) is 0 Å². The SMILES string of the molecule is CCSc1ccccc1NC(=O)C(C)Oc1ccccc1C. The zero-order valence-electron chi connectivity index (χ0n) is 13.1. The summed E-state index contributed by atoms with van der Waals surface area (Å²) < 4.78 is 5.76. The topological polar surface area (TPSA) is 38.3 Å². The number of carbonyl (C=O) groups excluding carboxylic acids is 1. The molecule has 0 heterocycles. The Kier molecular flexibility index (Phi) is 5.90. The van der Waals surface area contributed by atoms with Crippen molar-refractivity contribution in [3.8, 4) is 5.75 Å². The Bertz CT molecular complexity index is 642. The maximum atomic E-state index is 12.3. The molecule has 4 heteroatoms. The van der Waals surface area contributed by atoms with Gasteiger partial charge in [0.25, 0.3) is 5.91 Å². The van der Waals surface area contributed by atoms with Crippen LogP contribution in [0.25, 0.3) is 0 Å². The van der Waals surface area contributed by atoms with Crippen molar-refractivity contribution in [1.29, 1.82) is 0 Å². The fraction of sp³-hybridized carbons (Fsp3) is 0.278. The summed E-state index contributed by atoms with van der Waals surface area (Å²) in [5.41, 5.74) is 1.85. The third-order valence-electron chi connectivity index (χ3n) is 3.21. The zero-order chi connectivity index (χ0) is 15.9. The Morgan fingerprint density at radius 1 is 1.18 bits per heavy atom. The van der Waals surface area contributed by atoms with Crippen molar-refractivity contribution in [2.75, 3.05) is 11.1 Å². The van der Waals surface area contributed by atoms with Gasteiger partial charge in [-0.1, -0.05) is 37.3 Å². The number of para-hydroxylation sites is 2. The van der Waals surface area contributed by atoms with Crippen LogP contribution >= 0.6 is 11.8 Å². The van der Waals surface area contributed by atoms with Crippen LogP contribution in [-0.2, 0) is 4.79 Å². The molecule has 2 aromatic carbocycles. The van der Waals surface area contributed by atoms with E-state index in [1.807, 2.05) is 55.5 Å². The first-order chi connectivity index (χ1) is 10.6. The van der Waals surface area contributed by atoms with E-state index in [9.17, 15) is 4.79 Å². The van der Waals surface area contributed by atoms with Gasteiger partial charge < -0.3 is 10.1 Å². The highest BCUT2D eigenvalue weighted by atomic mass is 32.2. The summed E-state index contributed by atoms with van der Waals surface area (Å²) in [6, 6.07) is 15.5. The molecular weight excluding hydrogens is 294 g/mol. The van der Waals surface area contributed by atoms with E-state index in [1.54, 1.807) is 18.7 Å². The smallest absolute Gasteiger partial charge is 0.265 e. The van der Waals surface area contributed by atoms with Gasteiger partial charge in [-0.15, -0.1) is 11.8 Å². The van der Waals surface area contributed by atoms with Crippen LogP contribution in [0.3, 0.4) is 0 Å². The molecule has 0 aromatic heterocycles. The molecule has 0 aliphatic heterocycles. The molecule has 0 saturated heterocycles. The van der Waals surface area contributed by atoms with Gasteiger partial charge in [-0.3, -0.25) is 4.79 Å². The van der Waals surface area contributed by atoms with Crippen molar-refractivity contribution >= 4 is 23.4 Å². The van der Waals surface area contributed by atoms with Gasteiger partial charge in [0.05, 0.1) is 5.69 Å². The number of ether oxygens (including phenoxy) is 1. The van der Waals surface area contributed by atoms with Crippen LogP contribution in [0.5, 0.6) is 5.75 Å². The number of carbonyl (C=O) groups is 1. The second-order valence-electron chi connectivity index (χ2n) is 4.94. The number of hydrogen-bond donors (Lipinski definition) is 1. The summed E-state index contributed by atoms with van der Waals surface area (Å²) in [4.78, 5) is 13.4. The lowest BCUT2D eigenvalue weighted by Crippen LogP contribution is -2.30. The maximum absolute atomic E-state index is 12.3. The van der Waals surface area contributed by atoms with Crippen molar-refractivity contribution in [3.63, 3.8) is 0 Å². The highest BCUT2D eigenvalue weighted by molar-refractivity contribution is 7.99. The molecule has 0 saturated carbocycles. The largest absolute Gasteiger partial charge is 0.481 e. The van der Waals surface area contributed by atoms with Crippen molar-refractivity contribution in [3.05, 3.63) is 54.1 Å². The van der Waals surface area contributed by atoms with Crippen LogP contribution in [0.15, 0.2) is 53.4 Å². The van der Waals surface area contributed by atoms with Gasteiger partial charge in [0, 0.05) is 4.90 Å². The molecule has 1 N–H and O–H groups in total. The van der Waals surface area contributed by atoms with Crippen molar-refractivity contribution in [2.24, 2.45) is 0 Å². The fourth-order valence-corrected chi connectivity index (χ4v) is 2.78. The monoisotopic (exact) mass is 315 g/mol. The Balaban J connectivity index is 2.04. The Hall–Kier alpha value is -1.94. The molecule has 2 rings (SSSR count). The lowest BCUT2D eigenvalue weighted by Gasteiger charge is -2.17. The van der Waals surface area contributed by atoms with Crippen molar-refractivity contribution in [2.45, 2.75) is 31.8 Å². The predicted octanol–water partition coefficient (Wildman–Crippen LogP) is 4.51. The van der Waals surface area contributed by atoms with E-state index in [0.717, 1.165) is 27.6 Å². The second kappa shape index (κ2) is 7.90. The Labute approximate surface area is 136 Å². The van der Waals surface area contributed by atoms with Gasteiger partial charge in [-0.25, -0.2) is 0 Å². The van der Waals surface area contributed by atoms with E-state index < -0.39 is 6.10 Å². The van der Waals surface area contributed by atoms with Gasteiger partial charge in [-0.05, 0) is 43.4 Å². The van der Waals surface area contributed by atoms with E-state index >= 15 is 0 Å². The van der Waals surface area contributed by atoms with E-state index in [4.69, 9.17) is 4.74 Å². The van der Waals surface area contributed by atoms with Crippen LogP contribution in [0.2, 0.25) is 0 Å². The predicted molar refractivity (Wildman–Crippen MR) is 92.7 cm³/mol. The highest BCUT2D eigenvalue weighted by Crippen LogP contribution is 2.27. The van der Waals surface area contributed by atoms with Crippen LogP contribution < -0.4 is 10.1 Å². The molecule has 22 heavy (non-hydrogen) atoms. The number of benzene rings is 2. The number of thioether (sulfide) groups is 1. The quantitative estimate of drug-likeness (QED) is 0.797. The Morgan fingerprint density at radius 2 is 1.86 bits per heavy atom. The summed E-state index contributed by atoms with van der Waals surface area (Å²) in [7, 11) is 0. The van der Waals surface area contributed by atoms with Crippen LogP contribution in [-0.4, -0.2) is 17.8 Å². The number of rotatable bonds is 6. The fourth-order valence-electron chi connectivity index (χ4n) is 2.02. The minimum absolute atomic E-state index is 0.146.